The molecule has 0 unspecified atom stereocenters. The molecular weight excluding hydrogens is 334 g/mol. The van der Waals surface area contributed by atoms with E-state index >= 15 is 0 Å². The highest BCUT2D eigenvalue weighted by Crippen LogP contribution is 2.31. The number of carbonyl (C=O) groups excluding carboxylic acids is 2. The van der Waals surface area contributed by atoms with E-state index in [-0.39, 0.29) is 30.2 Å². The summed E-state index contributed by atoms with van der Waals surface area (Å²) in [5, 5.41) is 12.2. The molecule has 0 amide bonds. The SMILES string of the molecule is CCOC(=O)c1c(O)cn(-c2cccc3ccccc23)c1C(=O)OCC. The highest BCUT2D eigenvalue weighted by atomic mass is 16.5. The van der Waals surface area contributed by atoms with E-state index in [2.05, 4.69) is 0 Å². The smallest absolute Gasteiger partial charge is 0.356 e. The Hall–Kier alpha value is -3.28. The Morgan fingerprint density at radius 1 is 0.962 bits per heavy atom. The number of fused-ring (bicyclic) bond motifs is 1. The first kappa shape index (κ1) is 17.5. The van der Waals surface area contributed by atoms with Crippen molar-refractivity contribution >= 4 is 22.7 Å². The van der Waals surface area contributed by atoms with E-state index in [1.807, 2.05) is 36.4 Å². The third kappa shape index (κ3) is 3.01. The summed E-state index contributed by atoms with van der Waals surface area (Å²) >= 11 is 0. The van der Waals surface area contributed by atoms with Gasteiger partial charge in [-0.05, 0) is 25.3 Å². The van der Waals surface area contributed by atoms with E-state index in [0.29, 0.717) is 5.69 Å². The summed E-state index contributed by atoms with van der Waals surface area (Å²) in [6.07, 6.45) is 1.33. The number of aromatic nitrogens is 1. The Kier molecular flexibility index (Phi) is 4.93. The van der Waals surface area contributed by atoms with Crippen LogP contribution in [0.25, 0.3) is 16.5 Å². The fraction of sp³-hybridized carbons (Fsp3) is 0.200. The first-order valence-corrected chi connectivity index (χ1v) is 8.35. The van der Waals surface area contributed by atoms with Gasteiger partial charge in [0.2, 0.25) is 0 Å². The lowest BCUT2D eigenvalue weighted by atomic mass is 10.1. The minimum atomic E-state index is -0.771. The number of nitrogens with zero attached hydrogens (tertiary/aromatic N) is 1. The molecule has 0 atom stereocenters. The molecule has 0 aliphatic heterocycles. The van der Waals surface area contributed by atoms with Gasteiger partial charge in [0.1, 0.15) is 11.3 Å². The molecule has 3 rings (SSSR count). The molecule has 3 aromatic rings. The van der Waals surface area contributed by atoms with Crippen LogP contribution in [0.2, 0.25) is 0 Å². The zero-order valence-corrected chi connectivity index (χ0v) is 14.6. The van der Waals surface area contributed by atoms with Crippen molar-refractivity contribution in [2.24, 2.45) is 0 Å². The molecule has 6 heteroatoms. The zero-order chi connectivity index (χ0) is 18.7. The fourth-order valence-corrected chi connectivity index (χ4v) is 2.91. The second kappa shape index (κ2) is 7.31. The monoisotopic (exact) mass is 353 g/mol. The number of hydrogen-bond donors (Lipinski definition) is 1. The van der Waals surface area contributed by atoms with Crippen LogP contribution in [-0.2, 0) is 9.47 Å². The first-order chi connectivity index (χ1) is 12.6. The van der Waals surface area contributed by atoms with Crippen molar-refractivity contribution in [2.75, 3.05) is 13.2 Å². The van der Waals surface area contributed by atoms with E-state index in [9.17, 15) is 14.7 Å². The third-order valence-electron chi connectivity index (χ3n) is 3.96. The van der Waals surface area contributed by atoms with Crippen molar-refractivity contribution in [3.63, 3.8) is 0 Å². The number of esters is 2. The average molecular weight is 353 g/mol. The molecular formula is C20H19NO5. The van der Waals surface area contributed by atoms with Crippen LogP contribution in [0, 0.1) is 0 Å². The molecule has 0 aliphatic carbocycles. The fourth-order valence-electron chi connectivity index (χ4n) is 2.91. The lowest BCUT2D eigenvalue weighted by Gasteiger charge is -2.12. The lowest BCUT2D eigenvalue weighted by molar-refractivity contribution is 0.0471. The second-order valence-corrected chi connectivity index (χ2v) is 5.55. The van der Waals surface area contributed by atoms with Crippen molar-refractivity contribution in [1.82, 2.24) is 4.57 Å². The van der Waals surface area contributed by atoms with Gasteiger partial charge in [-0.2, -0.15) is 0 Å². The molecule has 1 heterocycles. The Morgan fingerprint density at radius 3 is 2.35 bits per heavy atom. The molecule has 0 saturated heterocycles. The lowest BCUT2D eigenvalue weighted by Crippen LogP contribution is -2.16. The molecule has 2 aromatic carbocycles. The Balaban J connectivity index is 2.28. The molecule has 0 aliphatic rings. The van der Waals surface area contributed by atoms with Crippen LogP contribution >= 0.6 is 0 Å². The molecule has 1 aromatic heterocycles. The maximum absolute atomic E-state index is 12.6. The van der Waals surface area contributed by atoms with Crippen molar-refractivity contribution in [3.8, 4) is 11.4 Å². The number of carbonyl (C=O) groups is 2. The van der Waals surface area contributed by atoms with E-state index < -0.39 is 11.9 Å². The van der Waals surface area contributed by atoms with E-state index in [1.165, 1.54) is 10.8 Å². The van der Waals surface area contributed by atoms with Crippen molar-refractivity contribution in [1.29, 1.82) is 0 Å². The van der Waals surface area contributed by atoms with Gasteiger partial charge in [0.15, 0.2) is 5.69 Å². The van der Waals surface area contributed by atoms with Gasteiger partial charge in [0.05, 0.1) is 25.1 Å². The predicted octanol–water partition coefficient (Wildman–Crippen LogP) is 3.69. The van der Waals surface area contributed by atoms with Crippen LogP contribution in [0.15, 0.2) is 48.7 Å². The van der Waals surface area contributed by atoms with Gasteiger partial charge in [0, 0.05) is 5.39 Å². The molecule has 0 spiro atoms. The Labute approximate surface area is 150 Å². The number of aromatic hydroxyl groups is 1. The topological polar surface area (TPSA) is 77.8 Å². The van der Waals surface area contributed by atoms with Crippen molar-refractivity contribution in [3.05, 3.63) is 59.9 Å². The summed E-state index contributed by atoms with van der Waals surface area (Å²) in [5.41, 5.74) is 0.398. The summed E-state index contributed by atoms with van der Waals surface area (Å²) in [6.45, 7) is 3.59. The van der Waals surface area contributed by atoms with Crippen LogP contribution in [0.5, 0.6) is 5.75 Å². The summed E-state index contributed by atoms with van der Waals surface area (Å²) in [4.78, 5) is 24.9. The quantitative estimate of drug-likeness (QED) is 0.708. The number of ether oxygens (including phenoxy) is 2. The molecule has 0 fully saturated rings. The molecule has 1 N–H and O–H groups in total. The predicted molar refractivity (Wildman–Crippen MR) is 96.9 cm³/mol. The zero-order valence-electron chi connectivity index (χ0n) is 14.6. The molecule has 6 nitrogen and oxygen atoms in total. The van der Waals surface area contributed by atoms with Crippen molar-refractivity contribution < 1.29 is 24.2 Å². The molecule has 134 valence electrons. The largest absolute Gasteiger partial charge is 0.505 e. The van der Waals surface area contributed by atoms with Crippen LogP contribution in [0.3, 0.4) is 0 Å². The molecule has 0 bridgehead atoms. The highest BCUT2D eigenvalue weighted by molar-refractivity contribution is 6.05. The summed E-state index contributed by atoms with van der Waals surface area (Å²) in [6, 6.07) is 13.2. The van der Waals surface area contributed by atoms with Crippen LogP contribution in [-0.4, -0.2) is 34.8 Å². The second-order valence-electron chi connectivity index (χ2n) is 5.55. The van der Waals surface area contributed by atoms with Gasteiger partial charge in [-0.15, -0.1) is 0 Å². The third-order valence-corrected chi connectivity index (χ3v) is 3.96. The van der Waals surface area contributed by atoms with Crippen LogP contribution in [0.1, 0.15) is 34.7 Å². The Morgan fingerprint density at radius 2 is 1.62 bits per heavy atom. The Bertz CT molecular complexity index is 968. The van der Waals surface area contributed by atoms with Gasteiger partial charge in [-0.25, -0.2) is 9.59 Å². The minimum absolute atomic E-state index is 0.0563. The number of rotatable bonds is 5. The van der Waals surface area contributed by atoms with Crippen molar-refractivity contribution in [2.45, 2.75) is 13.8 Å². The maximum atomic E-state index is 12.6. The van der Waals surface area contributed by atoms with Gasteiger partial charge in [0.25, 0.3) is 0 Å². The van der Waals surface area contributed by atoms with E-state index in [4.69, 9.17) is 9.47 Å². The van der Waals surface area contributed by atoms with Crippen LogP contribution in [0.4, 0.5) is 0 Å². The highest BCUT2D eigenvalue weighted by Gasteiger charge is 2.29. The standard InChI is InChI=1S/C20H19NO5/c1-3-25-19(23)17-16(22)12-21(18(17)20(24)26-4-2)15-11-7-9-13-8-5-6-10-14(13)15/h5-12,22H,3-4H2,1-2H3. The van der Waals surface area contributed by atoms with Gasteiger partial charge >= 0.3 is 11.9 Å². The molecule has 0 radical (unpaired) electrons. The average Bonchev–Trinajstić information content (AvgIpc) is 2.99. The van der Waals surface area contributed by atoms with E-state index in [0.717, 1.165) is 10.8 Å². The molecule has 0 saturated carbocycles. The van der Waals surface area contributed by atoms with Crippen LogP contribution < -0.4 is 0 Å². The minimum Gasteiger partial charge on any atom is -0.505 e. The summed E-state index contributed by atoms with van der Waals surface area (Å²) in [7, 11) is 0. The van der Waals surface area contributed by atoms with Gasteiger partial charge in [-0.3, -0.25) is 0 Å². The number of benzene rings is 2. The van der Waals surface area contributed by atoms with E-state index in [1.54, 1.807) is 19.9 Å². The normalized spacial score (nSPS) is 10.7. The summed E-state index contributed by atoms with van der Waals surface area (Å²) in [5.74, 6) is -1.81. The number of hydrogen-bond acceptors (Lipinski definition) is 5. The molecule has 26 heavy (non-hydrogen) atoms. The van der Waals surface area contributed by atoms with Gasteiger partial charge < -0.3 is 19.1 Å². The first-order valence-electron chi connectivity index (χ1n) is 8.35. The van der Waals surface area contributed by atoms with Gasteiger partial charge in [-0.1, -0.05) is 36.4 Å². The maximum Gasteiger partial charge on any atom is 0.356 e. The summed E-state index contributed by atoms with van der Waals surface area (Å²) < 4.78 is 11.6.